The Balaban J connectivity index is -0.000000177. The van der Waals surface area contributed by atoms with E-state index in [2.05, 4.69) is 5.73 Å². The third-order valence-corrected chi connectivity index (χ3v) is 0.212. The molecule has 0 unspecified atom stereocenters. The van der Waals surface area contributed by atoms with Gasteiger partial charge in [-0.25, -0.2) is 10.1 Å². The SMILES string of the molecule is N=C(N)N[N+](=O)[O-].O=S(=O)(O)O.O=S(=O)(O)O. The van der Waals surface area contributed by atoms with Crippen molar-refractivity contribution in [2.45, 2.75) is 0 Å². The number of nitrogens with two attached hydrogens (primary N) is 1. The minimum Gasteiger partial charge on any atom is -0.366 e. The second-order valence-electron chi connectivity index (χ2n) is 1.68. The molecule has 104 valence electrons. The highest BCUT2D eigenvalue weighted by Gasteiger charge is 1.91. The van der Waals surface area contributed by atoms with Crippen LogP contribution in [0.25, 0.3) is 0 Å². The van der Waals surface area contributed by atoms with Gasteiger partial charge in [0.05, 0.1) is 0 Å². The summed E-state index contributed by atoms with van der Waals surface area (Å²) in [5.41, 5.74) is 5.91. The van der Waals surface area contributed by atoms with Crippen molar-refractivity contribution >= 4 is 26.8 Å². The number of hydrogen-bond donors (Lipinski definition) is 7. The molecule has 17 heavy (non-hydrogen) atoms. The Hall–Kier alpha value is -1.59. The Morgan fingerprint density at radius 1 is 1.12 bits per heavy atom. The van der Waals surface area contributed by atoms with Crippen LogP contribution in [-0.4, -0.2) is 46.0 Å². The highest BCUT2D eigenvalue weighted by Crippen LogP contribution is 1.59. The molecule has 0 aromatic rings. The van der Waals surface area contributed by atoms with E-state index in [0.29, 0.717) is 0 Å². The fourth-order valence-corrected chi connectivity index (χ4v) is 0.0983. The van der Waals surface area contributed by atoms with Crippen LogP contribution in [0.3, 0.4) is 0 Å². The first-order chi connectivity index (χ1) is 7.13. The van der Waals surface area contributed by atoms with E-state index in [4.69, 9.17) is 40.5 Å². The van der Waals surface area contributed by atoms with Crippen LogP contribution >= 0.6 is 0 Å². The van der Waals surface area contributed by atoms with E-state index in [9.17, 15) is 10.1 Å². The van der Waals surface area contributed by atoms with E-state index in [1.807, 2.05) is 0 Å². The van der Waals surface area contributed by atoms with Crippen LogP contribution in [0.15, 0.2) is 0 Å². The van der Waals surface area contributed by atoms with Crippen molar-refractivity contribution in [1.82, 2.24) is 5.43 Å². The molecule has 16 heteroatoms. The molecular formula is CH8N4O10S2. The van der Waals surface area contributed by atoms with Gasteiger partial charge in [0.15, 0.2) is 5.03 Å². The molecule has 0 aromatic heterocycles. The van der Waals surface area contributed by atoms with E-state index in [1.54, 1.807) is 0 Å². The highest BCUT2D eigenvalue weighted by molar-refractivity contribution is 7.80. The van der Waals surface area contributed by atoms with Crippen molar-refractivity contribution in [1.29, 1.82) is 5.41 Å². The minimum absolute atomic E-state index is 0.662. The van der Waals surface area contributed by atoms with E-state index in [-0.39, 0.29) is 0 Å². The lowest BCUT2D eigenvalue weighted by Crippen LogP contribution is -2.34. The molecule has 14 nitrogen and oxygen atoms in total. The largest absolute Gasteiger partial charge is 0.394 e. The quantitative estimate of drug-likeness (QED) is 0.0861. The standard InChI is InChI=1S/CH4N4O2.2H2O4S/c2-1(3)4-5(6)7;2*1-5(2,3)4/h(H4,2,3,4);2*(H2,1,2,3,4). The topological polar surface area (TPSA) is 254 Å². The minimum atomic E-state index is -4.67. The second-order valence-corrected chi connectivity index (χ2v) is 3.47. The summed E-state index contributed by atoms with van der Waals surface area (Å²) in [7, 11) is -9.33. The molecule has 0 aliphatic rings. The molecule has 0 heterocycles. The molecule has 8 N–H and O–H groups in total. The summed E-state index contributed by atoms with van der Waals surface area (Å²) in [6.45, 7) is 0. The normalized spacial score (nSPS) is 9.88. The third kappa shape index (κ3) is 382. The summed E-state index contributed by atoms with van der Waals surface area (Å²) in [5.74, 6) is -0.662. The molecule has 0 radical (unpaired) electrons. The molecule has 0 saturated carbocycles. The maximum Gasteiger partial charge on any atom is 0.394 e. The number of rotatable bonds is 1. The molecule has 0 spiro atoms. The fraction of sp³-hybridized carbons (Fsp3) is 0. The predicted molar refractivity (Wildman–Crippen MR) is 50.4 cm³/mol. The maximum atomic E-state index is 9.28. The van der Waals surface area contributed by atoms with Crippen molar-refractivity contribution < 1.29 is 40.1 Å². The molecular weight excluding hydrogens is 292 g/mol. The smallest absolute Gasteiger partial charge is 0.366 e. The number of guanidine groups is 1. The van der Waals surface area contributed by atoms with Crippen molar-refractivity contribution in [3.05, 3.63) is 10.1 Å². The molecule has 0 aromatic carbocycles. The summed E-state index contributed by atoms with van der Waals surface area (Å²) in [6, 6.07) is 0. The van der Waals surface area contributed by atoms with Crippen LogP contribution in [0.4, 0.5) is 0 Å². The first kappa shape index (κ1) is 20.8. The van der Waals surface area contributed by atoms with Crippen LogP contribution in [0.2, 0.25) is 0 Å². The zero-order valence-corrected chi connectivity index (χ0v) is 9.21. The lowest BCUT2D eigenvalue weighted by atomic mass is 11.1. The molecule has 0 bridgehead atoms. The van der Waals surface area contributed by atoms with Crippen LogP contribution in [-0.2, 0) is 20.8 Å². The van der Waals surface area contributed by atoms with Crippen molar-refractivity contribution in [3.63, 3.8) is 0 Å². The number of nitro groups is 1. The zero-order chi connectivity index (χ0) is 14.9. The number of hydrogen-bond acceptors (Lipinski definition) is 7. The molecule has 0 rings (SSSR count). The second kappa shape index (κ2) is 8.55. The Kier molecular flexibility index (Phi) is 10.4. The van der Waals surface area contributed by atoms with Gasteiger partial charge in [0.25, 0.3) is 0 Å². The summed E-state index contributed by atoms with van der Waals surface area (Å²) in [4.78, 5) is 9.28. The molecule has 0 aliphatic heterocycles. The van der Waals surface area contributed by atoms with Gasteiger partial charge in [0.2, 0.25) is 5.96 Å². The van der Waals surface area contributed by atoms with E-state index >= 15 is 0 Å². The Labute approximate surface area is 94.2 Å². The van der Waals surface area contributed by atoms with Crippen molar-refractivity contribution in [2.24, 2.45) is 5.73 Å². The zero-order valence-electron chi connectivity index (χ0n) is 7.58. The highest BCUT2D eigenvalue weighted by atomic mass is 32.3. The number of hydrazine groups is 1. The first-order valence-electron chi connectivity index (χ1n) is 2.77. The molecule has 0 fully saturated rings. The molecule has 0 aliphatic carbocycles. The summed E-state index contributed by atoms with van der Waals surface area (Å²) in [6.07, 6.45) is 0. The van der Waals surface area contributed by atoms with Gasteiger partial charge >= 0.3 is 20.8 Å². The van der Waals surface area contributed by atoms with Crippen molar-refractivity contribution in [3.8, 4) is 0 Å². The summed E-state index contributed by atoms with van der Waals surface area (Å²) in [5, 5.41) is 14.6. The molecule has 0 amide bonds. The predicted octanol–water partition coefficient (Wildman–Crippen LogP) is -2.64. The monoisotopic (exact) mass is 300 g/mol. The van der Waals surface area contributed by atoms with Gasteiger partial charge in [-0.05, 0) is 0 Å². The van der Waals surface area contributed by atoms with E-state index in [1.165, 1.54) is 5.43 Å². The van der Waals surface area contributed by atoms with Crippen LogP contribution in [0, 0.1) is 15.5 Å². The van der Waals surface area contributed by atoms with E-state index in [0.717, 1.165) is 0 Å². The fourth-order valence-electron chi connectivity index (χ4n) is 0.0983. The third-order valence-electron chi connectivity index (χ3n) is 0.212. The summed E-state index contributed by atoms with van der Waals surface area (Å²) < 4.78 is 63.2. The average Bonchev–Trinajstić information content (AvgIpc) is 1.71. The van der Waals surface area contributed by atoms with Gasteiger partial charge in [-0.2, -0.15) is 16.8 Å². The van der Waals surface area contributed by atoms with Crippen LogP contribution < -0.4 is 11.2 Å². The molecule has 0 atom stereocenters. The lowest BCUT2D eigenvalue weighted by molar-refractivity contribution is -0.525. The Bertz CT molecular complexity index is 375. The van der Waals surface area contributed by atoms with Gasteiger partial charge in [-0.3, -0.25) is 23.6 Å². The van der Waals surface area contributed by atoms with E-state index < -0.39 is 31.8 Å². The van der Waals surface area contributed by atoms with Crippen molar-refractivity contribution in [2.75, 3.05) is 0 Å². The Morgan fingerprint density at radius 3 is 1.29 bits per heavy atom. The van der Waals surface area contributed by atoms with Gasteiger partial charge in [-0.15, -0.1) is 0 Å². The average molecular weight is 300 g/mol. The van der Waals surface area contributed by atoms with Gasteiger partial charge in [-0.1, -0.05) is 5.43 Å². The van der Waals surface area contributed by atoms with Gasteiger partial charge in [0.1, 0.15) is 0 Å². The lowest BCUT2D eigenvalue weighted by Gasteiger charge is -1.86. The molecule has 0 saturated heterocycles. The first-order valence-corrected chi connectivity index (χ1v) is 5.57. The summed E-state index contributed by atoms with van der Waals surface area (Å²) >= 11 is 0. The van der Waals surface area contributed by atoms with Crippen LogP contribution in [0.1, 0.15) is 0 Å². The number of nitrogens with zero attached hydrogens (tertiary/aromatic N) is 1. The van der Waals surface area contributed by atoms with Crippen LogP contribution in [0.5, 0.6) is 0 Å². The van der Waals surface area contributed by atoms with Gasteiger partial charge < -0.3 is 5.73 Å². The Morgan fingerprint density at radius 2 is 1.29 bits per heavy atom. The number of nitrogens with one attached hydrogen (secondary N) is 2. The van der Waals surface area contributed by atoms with Gasteiger partial charge in [0, 0.05) is 0 Å². The maximum absolute atomic E-state index is 9.28.